The Morgan fingerprint density at radius 1 is 1.00 bits per heavy atom. The molecule has 3 aromatic rings. The Bertz CT molecular complexity index is 1240. The van der Waals surface area contributed by atoms with Gasteiger partial charge in [-0.2, -0.15) is 0 Å². The second-order valence-corrected chi connectivity index (χ2v) is 9.23. The lowest BCUT2D eigenvalue weighted by molar-refractivity contribution is 0.597. The predicted molar refractivity (Wildman–Crippen MR) is 136 cm³/mol. The summed E-state index contributed by atoms with van der Waals surface area (Å²) in [6, 6.07) is 22.1. The van der Waals surface area contributed by atoms with Crippen LogP contribution in [-0.4, -0.2) is 11.5 Å². The third-order valence-corrected chi connectivity index (χ3v) is 6.37. The molecule has 0 heterocycles. The first-order valence-corrected chi connectivity index (χ1v) is 11.8. The lowest BCUT2D eigenvalue weighted by Gasteiger charge is -2.23. The monoisotopic (exact) mass is 456 g/mol. The summed E-state index contributed by atoms with van der Waals surface area (Å²) in [5.74, 6) is -0.902. The van der Waals surface area contributed by atoms with Crippen molar-refractivity contribution in [3.05, 3.63) is 112 Å². The molecule has 0 bridgehead atoms. The van der Waals surface area contributed by atoms with Gasteiger partial charge in [-0.15, -0.1) is 0 Å². The first-order chi connectivity index (χ1) is 16.3. The highest BCUT2D eigenvalue weighted by molar-refractivity contribution is 6.13. The van der Waals surface area contributed by atoms with Crippen LogP contribution in [0.4, 0.5) is 8.78 Å². The summed E-state index contributed by atoms with van der Waals surface area (Å²) < 4.78 is 28.0. The lowest BCUT2D eigenvalue weighted by Crippen LogP contribution is -2.14. The molecule has 2 nitrogen and oxygen atoms in total. The number of nitrogens with one attached hydrogen (secondary N) is 1. The summed E-state index contributed by atoms with van der Waals surface area (Å²) in [7, 11) is 0. The van der Waals surface area contributed by atoms with Crippen molar-refractivity contribution >= 4 is 17.1 Å². The van der Waals surface area contributed by atoms with Crippen LogP contribution in [0.3, 0.4) is 0 Å². The molecule has 0 saturated heterocycles. The second kappa shape index (κ2) is 10.3. The van der Waals surface area contributed by atoms with Gasteiger partial charge in [0.05, 0.1) is 5.56 Å². The van der Waals surface area contributed by atoms with Crippen molar-refractivity contribution in [2.75, 3.05) is 0 Å². The number of aryl methyl sites for hydroxylation is 1. The first-order valence-electron chi connectivity index (χ1n) is 11.8. The van der Waals surface area contributed by atoms with E-state index in [1.807, 2.05) is 13.0 Å². The number of nitrogens with zero attached hydrogens (tertiary/aromatic N) is 1. The van der Waals surface area contributed by atoms with Crippen molar-refractivity contribution in [1.82, 2.24) is 0 Å². The van der Waals surface area contributed by atoms with Gasteiger partial charge in [0.2, 0.25) is 0 Å². The summed E-state index contributed by atoms with van der Waals surface area (Å²) in [5.41, 5.74) is 6.54. The molecule has 0 radical (unpaired) electrons. The number of hydrogen-bond acceptors (Lipinski definition) is 1. The van der Waals surface area contributed by atoms with Gasteiger partial charge >= 0.3 is 0 Å². The van der Waals surface area contributed by atoms with Crippen LogP contribution in [0.5, 0.6) is 0 Å². The Morgan fingerprint density at radius 2 is 1.68 bits per heavy atom. The van der Waals surface area contributed by atoms with Crippen LogP contribution in [0, 0.1) is 35.8 Å². The van der Waals surface area contributed by atoms with Crippen LogP contribution in [0.15, 0.2) is 83.4 Å². The Hall–Kier alpha value is -3.40. The van der Waals surface area contributed by atoms with Gasteiger partial charge in [0.1, 0.15) is 11.6 Å². The van der Waals surface area contributed by atoms with Gasteiger partial charge in [0, 0.05) is 5.71 Å². The molecule has 174 valence electrons. The number of aliphatic imine (C=N–C) groups is 1. The van der Waals surface area contributed by atoms with Gasteiger partial charge in [-0.25, -0.2) is 13.8 Å². The zero-order chi connectivity index (χ0) is 24.2. The van der Waals surface area contributed by atoms with E-state index in [1.165, 1.54) is 16.7 Å². The fourth-order valence-electron chi connectivity index (χ4n) is 4.56. The summed E-state index contributed by atoms with van der Waals surface area (Å²) in [6.45, 7) is 6.20. The first kappa shape index (κ1) is 23.7. The minimum Gasteiger partial charge on any atom is -0.282 e. The fourth-order valence-corrected chi connectivity index (χ4v) is 4.56. The minimum atomic E-state index is -0.642. The van der Waals surface area contributed by atoms with Gasteiger partial charge in [-0.3, -0.25) is 5.41 Å². The highest BCUT2D eigenvalue weighted by Crippen LogP contribution is 2.44. The number of halogens is 2. The van der Waals surface area contributed by atoms with E-state index in [-0.39, 0.29) is 17.3 Å². The molecule has 4 heteroatoms. The highest BCUT2D eigenvalue weighted by Gasteiger charge is 2.32. The average Bonchev–Trinajstić information content (AvgIpc) is 3.65. The van der Waals surface area contributed by atoms with Crippen molar-refractivity contribution in [1.29, 1.82) is 5.41 Å². The van der Waals surface area contributed by atoms with E-state index in [0.717, 1.165) is 48.6 Å². The van der Waals surface area contributed by atoms with Crippen molar-refractivity contribution in [2.24, 2.45) is 16.8 Å². The zero-order valence-corrected chi connectivity index (χ0v) is 19.9. The smallest absolute Gasteiger partial charge is 0.155 e. The Kier molecular flexibility index (Phi) is 7.16. The van der Waals surface area contributed by atoms with Crippen molar-refractivity contribution < 1.29 is 8.78 Å². The van der Waals surface area contributed by atoms with Gasteiger partial charge in [0.15, 0.2) is 5.84 Å². The van der Waals surface area contributed by atoms with Crippen LogP contribution in [-0.2, 0) is 6.42 Å². The lowest BCUT2D eigenvalue weighted by atomic mass is 9.82. The minimum absolute atomic E-state index is 0.122. The topological polar surface area (TPSA) is 36.2 Å². The van der Waals surface area contributed by atoms with Crippen molar-refractivity contribution in [3.8, 4) is 0 Å². The third kappa shape index (κ3) is 5.56. The number of hydrogen-bond donors (Lipinski definition) is 1. The number of rotatable bonds is 7. The maximum absolute atomic E-state index is 14.3. The fraction of sp³-hybridized carbons (Fsp3) is 0.267. The van der Waals surface area contributed by atoms with Crippen molar-refractivity contribution in [3.63, 3.8) is 0 Å². The molecule has 4 rings (SSSR count). The van der Waals surface area contributed by atoms with Gasteiger partial charge in [-0.1, -0.05) is 67.1 Å². The van der Waals surface area contributed by atoms with E-state index in [1.54, 1.807) is 0 Å². The molecule has 1 saturated carbocycles. The Morgan fingerprint density at radius 3 is 2.32 bits per heavy atom. The maximum atomic E-state index is 14.3. The molecule has 3 aromatic carbocycles. The molecular formula is C30H30F2N2. The van der Waals surface area contributed by atoms with Crippen LogP contribution in [0.25, 0.3) is 5.57 Å². The largest absolute Gasteiger partial charge is 0.282 e. The molecule has 1 atom stereocenters. The molecule has 0 aromatic heterocycles. The number of allylic oxidation sites excluding steroid dienone is 2. The average molecular weight is 457 g/mol. The van der Waals surface area contributed by atoms with Crippen LogP contribution in [0.1, 0.15) is 48.9 Å². The SMILES string of the molecule is CC(=NC(=N)c1cc(F)ccc1F)/C(=C(\c1ccc(C)cc1)C(C)Cc1ccccc1)C1CC1. The number of benzene rings is 3. The van der Waals surface area contributed by atoms with E-state index in [4.69, 9.17) is 5.41 Å². The molecular weight excluding hydrogens is 426 g/mol. The molecule has 0 aliphatic heterocycles. The van der Waals surface area contributed by atoms with Crippen LogP contribution in [0.2, 0.25) is 0 Å². The summed E-state index contributed by atoms with van der Waals surface area (Å²) in [5, 5.41) is 8.40. The summed E-state index contributed by atoms with van der Waals surface area (Å²) >= 11 is 0. The molecule has 0 spiro atoms. The van der Waals surface area contributed by atoms with E-state index >= 15 is 0 Å². The quantitative estimate of drug-likeness (QED) is 0.278. The molecule has 1 N–H and O–H groups in total. The number of amidine groups is 1. The summed E-state index contributed by atoms with van der Waals surface area (Å²) in [4.78, 5) is 4.50. The van der Waals surface area contributed by atoms with Crippen molar-refractivity contribution in [2.45, 2.75) is 40.0 Å². The standard InChI is InChI=1S/C30H30F2N2/c1-19-9-11-23(12-10-19)28(20(2)17-22-7-5-4-6-8-22)29(24-13-14-24)21(3)34-30(33)26-18-25(31)15-16-27(26)32/h4-12,15-16,18,20,24,33H,13-14,17H2,1-3H3/b29-28+,33-30?,34-21?. The predicted octanol–water partition coefficient (Wildman–Crippen LogP) is 7.80. The highest BCUT2D eigenvalue weighted by atomic mass is 19.1. The third-order valence-electron chi connectivity index (χ3n) is 6.37. The van der Waals surface area contributed by atoms with E-state index in [0.29, 0.717) is 11.6 Å². The maximum Gasteiger partial charge on any atom is 0.155 e. The Labute approximate surface area is 200 Å². The van der Waals surface area contributed by atoms with Crippen LogP contribution < -0.4 is 0 Å². The van der Waals surface area contributed by atoms with Crippen LogP contribution >= 0.6 is 0 Å². The zero-order valence-electron chi connectivity index (χ0n) is 19.9. The van der Waals surface area contributed by atoms with E-state index < -0.39 is 11.6 Å². The van der Waals surface area contributed by atoms with Gasteiger partial charge in [0.25, 0.3) is 0 Å². The Balaban J connectivity index is 1.80. The van der Waals surface area contributed by atoms with E-state index in [2.05, 4.69) is 67.4 Å². The molecule has 0 amide bonds. The molecule has 34 heavy (non-hydrogen) atoms. The molecule has 1 aliphatic rings. The van der Waals surface area contributed by atoms with Gasteiger partial charge in [-0.05, 0) is 85.4 Å². The second-order valence-electron chi connectivity index (χ2n) is 9.23. The normalized spacial score (nSPS) is 15.6. The summed E-state index contributed by atoms with van der Waals surface area (Å²) in [6.07, 6.45) is 3.01. The molecule has 1 fully saturated rings. The molecule has 1 aliphatic carbocycles. The van der Waals surface area contributed by atoms with Gasteiger partial charge < -0.3 is 0 Å². The van der Waals surface area contributed by atoms with E-state index in [9.17, 15) is 8.78 Å². The molecule has 1 unspecified atom stereocenters.